The van der Waals surface area contributed by atoms with Crippen LogP contribution in [0.25, 0.3) is 10.8 Å². The van der Waals surface area contributed by atoms with Crippen LogP contribution in [0.1, 0.15) is 10.4 Å². The Hall–Kier alpha value is -2.92. The first kappa shape index (κ1) is 16.5. The van der Waals surface area contributed by atoms with E-state index in [0.29, 0.717) is 23.7 Å². The maximum absolute atomic E-state index is 13.0. The maximum atomic E-state index is 13.0. The van der Waals surface area contributed by atoms with Crippen LogP contribution in [0.3, 0.4) is 0 Å². The number of carbonyl (C=O) groups excluding carboxylic acids is 2. The van der Waals surface area contributed by atoms with Crippen molar-refractivity contribution < 1.29 is 9.59 Å². The Bertz CT molecular complexity index is 1000. The van der Waals surface area contributed by atoms with Crippen molar-refractivity contribution in [3.05, 3.63) is 71.5 Å². The predicted molar refractivity (Wildman–Crippen MR) is 101 cm³/mol. The molecule has 1 aliphatic rings. The Labute approximate surface area is 155 Å². The van der Waals surface area contributed by atoms with Crippen LogP contribution >= 0.6 is 11.6 Å². The largest absolute Gasteiger partial charge is 0.327 e. The molecule has 1 aromatic heterocycles. The van der Waals surface area contributed by atoms with Crippen LogP contribution in [0, 0.1) is 0 Å². The molecule has 0 aliphatic carbocycles. The first-order valence-corrected chi connectivity index (χ1v) is 8.69. The van der Waals surface area contributed by atoms with Crippen LogP contribution in [0.5, 0.6) is 0 Å². The molecule has 130 valence electrons. The third-order valence-corrected chi connectivity index (χ3v) is 4.76. The Morgan fingerprint density at radius 3 is 2.69 bits per heavy atom. The lowest BCUT2D eigenvalue weighted by Gasteiger charge is -2.34. The van der Waals surface area contributed by atoms with E-state index in [1.54, 1.807) is 34.3 Å². The van der Waals surface area contributed by atoms with Gasteiger partial charge in [0.1, 0.15) is 6.54 Å². The second kappa shape index (κ2) is 6.77. The lowest BCUT2D eigenvalue weighted by atomic mass is 10.1. The van der Waals surface area contributed by atoms with Gasteiger partial charge in [-0.2, -0.15) is 0 Å². The molecule has 0 saturated carbocycles. The van der Waals surface area contributed by atoms with Crippen LogP contribution in [0.15, 0.2) is 60.9 Å². The summed E-state index contributed by atoms with van der Waals surface area (Å²) in [5.74, 6) is -0.298. The van der Waals surface area contributed by atoms with Crippen LogP contribution < -0.4 is 4.90 Å². The number of halogens is 1. The molecule has 1 aliphatic heterocycles. The Morgan fingerprint density at radius 1 is 1.04 bits per heavy atom. The van der Waals surface area contributed by atoms with E-state index in [-0.39, 0.29) is 18.4 Å². The highest BCUT2D eigenvalue weighted by Crippen LogP contribution is 2.23. The number of hydrogen-bond donors (Lipinski definition) is 0. The van der Waals surface area contributed by atoms with Gasteiger partial charge in [0.2, 0.25) is 5.91 Å². The summed E-state index contributed by atoms with van der Waals surface area (Å²) in [5.41, 5.74) is 1.27. The molecule has 2 aromatic carbocycles. The number of piperazine rings is 1. The Kier molecular flexibility index (Phi) is 4.31. The third kappa shape index (κ3) is 3.02. The molecule has 3 aromatic rings. The van der Waals surface area contributed by atoms with Gasteiger partial charge in [-0.25, -0.2) is 0 Å². The van der Waals surface area contributed by atoms with E-state index in [0.717, 1.165) is 16.5 Å². The molecule has 0 atom stereocenters. The van der Waals surface area contributed by atoms with Gasteiger partial charge in [-0.3, -0.25) is 14.6 Å². The van der Waals surface area contributed by atoms with Crippen molar-refractivity contribution >= 4 is 39.9 Å². The van der Waals surface area contributed by atoms with Gasteiger partial charge in [-0.05, 0) is 23.6 Å². The SMILES string of the molecule is O=C(c1cncc2ccccc12)N1CCN(c2cccc(Cl)c2)C(=O)C1. The summed E-state index contributed by atoms with van der Waals surface area (Å²) >= 11 is 6.02. The molecule has 4 rings (SSSR count). The van der Waals surface area contributed by atoms with Gasteiger partial charge < -0.3 is 9.80 Å². The van der Waals surface area contributed by atoms with E-state index in [2.05, 4.69) is 4.98 Å². The van der Waals surface area contributed by atoms with Gasteiger partial charge >= 0.3 is 0 Å². The van der Waals surface area contributed by atoms with Gasteiger partial charge in [0.15, 0.2) is 0 Å². The third-order valence-electron chi connectivity index (χ3n) is 4.53. The number of amides is 2. The first-order chi connectivity index (χ1) is 12.6. The summed E-state index contributed by atoms with van der Waals surface area (Å²) in [6.07, 6.45) is 3.30. The van der Waals surface area contributed by atoms with E-state index in [4.69, 9.17) is 11.6 Å². The maximum Gasteiger partial charge on any atom is 0.256 e. The highest BCUT2D eigenvalue weighted by atomic mass is 35.5. The summed E-state index contributed by atoms with van der Waals surface area (Å²) in [7, 11) is 0. The van der Waals surface area contributed by atoms with Crippen molar-refractivity contribution in [2.24, 2.45) is 0 Å². The molecule has 2 heterocycles. The monoisotopic (exact) mass is 365 g/mol. The van der Waals surface area contributed by atoms with Gasteiger partial charge in [0.25, 0.3) is 5.91 Å². The number of rotatable bonds is 2. The summed E-state index contributed by atoms with van der Waals surface area (Å²) in [6, 6.07) is 14.8. The van der Waals surface area contributed by atoms with Crippen molar-refractivity contribution in [2.45, 2.75) is 0 Å². The number of pyridine rings is 1. The Balaban J connectivity index is 1.57. The molecule has 0 unspecified atom stereocenters. The normalized spacial score (nSPS) is 14.7. The highest BCUT2D eigenvalue weighted by Gasteiger charge is 2.29. The number of nitrogens with zero attached hydrogens (tertiary/aromatic N) is 3. The van der Waals surface area contributed by atoms with Crippen molar-refractivity contribution in [2.75, 3.05) is 24.5 Å². The highest BCUT2D eigenvalue weighted by molar-refractivity contribution is 6.31. The van der Waals surface area contributed by atoms with Crippen LogP contribution in [-0.4, -0.2) is 41.3 Å². The van der Waals surface area contributed by atoms with Crippen LogP contribution in [-0.2, 0) is 4.79 Å². The molecule has 1 fully saturated rings. The van der Waals surface area contributed by atoms with Crippen molar-refractivity contribution in [3.63, 3.8) is 0 Å². The number of carbonyl (C=O) groups is 2. The van der Waals surface area contributed by atoms with Crippen molar-refractivity contribution in [1.29, 1.82) is 0 Å². The van der Waals surface area contributed by atoms with Crippen molar-refractivity contribution in [1.82, 2.24) is 9.88 Å². The minimum absolute atomic E-state index is 0.0363. The van der Waals surface area contributed by atoms with Gasteiger partial charge in [0, 0.05) is 41.6 Å². The van der Waals surface area contributed by atoms with Gasteiger partial charge in [-0.15, -0.1) is 0 Å². The number of aromatic nitrogens is 1. The molecule has 0 N–H and O–H groups in total. The quantitative estimate of drug-likeness (QED) is 0.699. The zero-order valence-corrected chi connectivity index (χ0v) is 14.7. The van der Waals surface area contributed by atoms with E-state index in [1.807, 2.05) is 36.4 Å². The number of fused-ring (bicyclic) bond motifs is 1. The molecule has 26 heavy (non-hydrogen) atoms. The fourth-order valence-electron chi connectivity index (χ4n) is 3.22. The molecule has 1 saturated heterocycles. The van der Waals surface area contributed by atoms with E-state index in [1.165, 1.54) is 0 Å². The topological polar surface area (TPSA) is 53.5 Å². The van der Waals surface area contributed by atoms with E-state index >= 15 is 0 Å². The lowest BCUT2D eigenvalue weighted by molar-refractivity contribution is -0.120. The standard InChI is InChI=1S/C20H16ClN3O2/c21-15-5-3-6-16(10-15)24-9-8-23(13-19(24)25)20(26)18-12-22-11-14-4-1-2-7-17(14)18/h1-7,10-12H,8-9,13H2. The molecule has 5 nitrogen and oxygen atoms in total. The summed E-state index contributed by atoms with van der Waals surface area (Å²) < 4.78 is 0. The van der Waals surface area contributed by atoms with E-state index < -0.39 is 0 Å². The van der Waals surface area contributed by atoms with Gasteiger partial charge in [-0.1, -0.05) is 41.9 Å². The van der Waals surface area contributed by atoms with Gasteiger partial charge in [0.05, 0.1) is 5.56 Å². The number of anilines is 1. The molecule has 6 heteroatoms. The number of hydrogen-bond acceptors (Lipinski definition) is 3. The zero-order valence-electron chi connectivity index (χ0n) is 13.9. The van der Waals surface area contributed by atoms with Crippen molar-refractivity contribution in [3.8, 4) is 0 Å². The predicted octanol–water partition coefficient (Wildman–Crippen LogP) is 3.38. The van der Waals surface area contributed by atoms with Crippen LogP contribution in [0.2, 0.25) is 5.02 Å². The van der Waals surface area contributed by atoms with E-state index in [9.17, 15) is 9.59 Å². The smallest absolute Gasteiger partial charge is 0.256 e. The summed E-state index contributed by atoms with van der Waals surface area (Å²) in [6.45, 7) is 0.929. The fourth-order valence-corrected chi connectivity index (χ4v) is 3.41. The number of benzene rings is 2. The Morgan fingerprint density at radius 2 is 1.88 bits per heavy atom. The minimum atomic E-state index is -0.173. The lowest BCUT2D eigenvalue weighted by Crippen LogP contribution is -2.52. The average Bonchev–Trinajstić information content (AvgIpc) is 2.67. The average molecular weight is 366 g/mol. The minimum Gasteiger partial charge on any atom is -0.327 e. The summed E-state index contributed by atoms with van der Waals surface area (Å²) in [4.78, 5) is 32.9. The molecule has 2 amide bonds. The second-order valence-corrected chi connectivity index (χ2v) is 6.60. The first-order valence-electron chi connectivity index (χ1n) is 8.31. The molecule has 0 bridgehead atoms. The molecular weight excluding hydrogens is 350 g/mol. The van der Waals surface area contributed by atoms with Crippen LogP contribution in [0.4, 0.5) is 5.69 Å². The molecular formula is C20H16ClN3O2. The second-order valence-electron chi connectivity index (χ2n) is 6.16. The zero-order chi connectivity index (χ0) is 18.1. The summed E-state index contributed by atoms with van der Waals surface area (Å²) in [5, 5.41) is 2.33. The molecule has 0 spiro atoms. The molecule has 0 radical (unpaired) electrons. The fraction of sp³-hybridized carbons (Fsp3) is 0.150.